The second-order valence-corrected chi connectivity index (χ2v) is 11.8. The first-order chi connectivity index (χ1) is 22.4. The number of pyridine rings is 3. The average Bonchev–Trinajstić information content (AvgIpc) is 3.04. The van der Waals surface area contributed by atoms with Crippen molar-refractivity contribution in [2.24, 2.45) is 0 Å². The minimum atomic E-state index is -0.948. The maximum atomic E-state index is 16.2. The molecule has 4 aromatic rings. The summed E-state index contributed by atoms with van der Waals surface area (Å²) in [5.74, 6) is -3.32. The Morgan fingerprint density at radius 2 is 1.98 bits per heavy atom. The van der Waals surface area contributed by atoms with Crippen molar-refractivity contribution in [1.29, 1.82) is 0 Å². The molecule has 0 bridgehead atoms. The Balaban J connectivity index is 1.95. The van der Waals surface area contributed by atoms with Gasteiger partial charge >= 0.3 is 0 Å². The number of aromatic nitrogens is 3. The molecule has 3 aromatic heterocycles. The van der Waals surface area contributed by atoms with Crippen molar-refractivity contribution in [3.05, 3.63) is 93.7 Å². The lowest BCUT2D eigenvalue weighted by Crippen LogP contribution is -2.56. The maximum Gasteiger partial charge on any atom is 0.256 e. The van der Waals surface area contributed by atoms with Crippen LogP contribution in [0.15, 0.2) is 49.2 Å². The van der Waals surface area contributed by atoms with Crippen molar-refractivity contribution in [2.45, 2.75) is 32.7 Å². The summed E-state index contributed by atoms with van der Waals surface area (Å²) in [6.07, 6.45) is 2.84. The van der Waals surface area contributed by atoms with Gasteiger partial charge in [-0.2, -0.15) is 0 Å². The molecule has 242 valence electrons. The molecule has 0 saturated carbocycles. The minimum Gasteiger partial charge on any atom is -0.507 e. The number of aromatic hydroxyl groups is 1. The van der Waals surface area contributed by atoms with Gasteiger partial charge in [0.2, 0.25) is 12.5 Å². The van der Waals surface area contributed by atoms with E-state index in [1.165, 1.54) is 25.3 Å². The Hall–Kier alpha value is -5.22. The van der Waals surface area contributed by atoms with Gasteiger partial charge in [0.15, 0.2) is 5.82 Å². The summed E-state index contributed by atoms with van der Waals surface area (Å²) in [6, 6.07) is 5.99. The summed E-state index contributed by atoms with van der Waals surface area (Å²) < 4.78 is 33.0. The monoisotopic (exact) mass is 657 g/mol. The van der Waals surface area contributed by atoms with Crippen LogP contribution in [0.25, 0.3) is 32.8 Å². The number of hydrogen-bond donors (Lipinski definition) is 2. The number of fused-ring (bicyclic) bond motifs is 1. The van der Waals surface area contributed by atoms with Crippen LogP contribution in [0.1, 0.15) is 41.4 Å². The van der Waals surface area contributed by atoms with Crippen molar-refractivity contribution < 1.29 is 23.5 Å². The number of anilines is 1. The molecule has 1 aliphatic rings. The second-order valence-electron chi connectivity index (χ2n) is 11.5. The number of phenols is 1. The first-order valence-electron chi connectivity index (χ1n) is 14.9. The summed E-state index contributed by atoms with van der Waals surface area (Å²) in [7, 11) is 1.45. The summed E-state index contributed by atoms with van der Waals surface area (Å²) in [5, 5.41) is 13.4. The van der Waals surface area contributed by atoms with Gasteiger partial charge in [0.05, 0.1) is 28.2 Å². The van der Waals surface area contributed by atoms with E-state index in [2.05, 4.69) is 26.7 Å². The molecule has 13 heteroatoms. The average molecular weight is 658 g/mol. The number of carbonyl (C=O) groups excluding carboxylic acids is 2. The van der Waals surface area contributed by atoms with Gasteiger partial charge in [-0.1, -0.05) is 38.7 Å². The standard InChI is InChI=1S/C34H33F2N7O3S/c1-7-25(45)42-14-13-41(17-20(42)16-37-5)31-21-15-23(36)29(26-22(35)9-8-10-24(26)44)40-32(21)43(34(47)27(31)33(46)38-6)30-19(4)11-12-39-28(30)18(2)3/h7-12,15,18,20,44H,1,13-14,16-17H2,2-4,6H3,(H,38,46)/t20-/m0/s1. The van der Waals surface area contributed by atoms with Crippen LogP contribution in [-0.2, 0) is 4.79 Å². The number of rotatable bonds is 7. The molecule has 1 atom stereocenters. The van der Waals surface area contributed by atoms with E-state index in [0.29, 0.717) is 11.4 Å². The van der Waals surface area contributed by atoms with E-state index in [9.17, 15) is 14.7 Å². The van der Waals surface area contributed by atoms with Crippen molar-refractivity contribution in [3.63, 3.8) is 0 Å². The van der Waals surface area contributed by atoms with Gasteiger partial charge < -0.3 is 25.1 Å². The lowest BCUT2D eigenvalue weighted by Gasteiger charge is -2.41. The Labute approximate surface area is 275 Å². The number of benzene rings is 1. The lowest BCUT2D eigenvalue weighted by molar-refractivity contribution is -0.128. The van der Waals surface area contributed by atoms with E-state index in [1.54, 1.807) is 26.6 Å². The zero-order valence-corrected chi connectivity index (χ0v) is 27.2. The summed E-state index contributed by atoms with van der Waals surface area (Å²) in [4.78, 5) is 42.6. The van der Waals surface area contributed by atoms with E-state index in [0.717, 1.165) is 17.7 Å². The molecule has 5 rings (SSSR count). The third-order valence-electron chi connectivity index (χ3n) is 8.24. The molecule has 47 heavy (non-hydrogen) atoms. The fourth-order valence-corrected chi connectivity index (χ4v) is 6.44. The normalized spacial score (nSPS) is 14.7. The van der Waals surface area contributed by atoms with Gasteiger partial charge in [-0.05, 0) is 48.7 Å². The Morgan fingerprint density at radius 3 is 2.62 bits per heavy atom. The lowest BCUT2D eigenvalue weighted by atomic mass is 10.0. The number of carbonyl (C=O) groups is 2. The van der Waals surface area contributed by atoms with Crippen LogP contribution < -0.4 is 10.2 Å². The van der Waals surface area contributed by atoms with E-state index in [1.807, 2.05) is 20.8 Å². The van der Waals surface area contributed by atoms with E-state index < -0.39 is 40.6 Å². The predicted molar refractivity (Wildman–Crippen MR) is 178 cm³/mol. The number of phenolic OH excluding ortho intramolecular Hbond substituents is 1. The number of hydrogen-bond acceptors (Lipinski definition) is 7. The second kappa shape index (κ2) is 13.3. The van der Waals surface area contributed by atoms with Crippen molar-refractivity contribution >= 4 is 40.8 Å². The van der Waals surface area contributed by atoms with Crippen LogP contribution >= 0.6 is 12.2 Å². The van der Waals surface area contributed by atoms with Crippen LogP contribution in [0.4, 0.5) is 14.5 Å². The molecule has 1 aliphatic heterocycles. The molecular formula is C34H33F2N7O3S. The van der Waals surface area contributed by atoms with Crippen LogP contribution in [0.3, 0.4) is 0 Å². The SMILES string of the molecule is [C-]#[N+]C[C@H]1CN(c2c(C(=O)NC)c(=S)n(-c3c(C)ccnc3C(C)C)c3nc(-c4c(O)cccc4F)c(F)cc23)CCN1C(=O)C=C. The third kappa shape index (κ3) is 5.81. The molecule has 0 aliphatic carbocycles. The van der Waals surface area contributed by atoms with Crippen LogP contribution in [-0.4, -0.2) is 75.6 Å². The third-order valence-corrected chi connectivity index (χ3v) is 8.63. The molecule has 0 spiro atoms. The van der Waals surface area contributed by atoms with E-state index in [4.69, 9.17) is 18.8 Å². The number of nitrogens with zero attached hydrogens (tertiary/aromatic N) is 6. The van der Waals surface area contributed by atoms with Crippen LogP contribution in [0.2, 0.25) is 0 Å². The molecule has 10 nitrogen and oxygen atoms in total. The first-order valence-corrected chi connectivity index (χ1v) is 15.3. The largest absolute Gasteiger partial charge is 0.507 e. The molecule has 0 radical (unpaired) electrons. The Morgan fingerprint density at radius 1 is 1.23 bits per heavy atom. The number of halogens is 2. The minimum absolute atomic E-state index is 0.0210. The van der Waals surface area contributed by atoms with Crippen LogP contribution in [0.5, 0.6) is 5.75 Å². The van der Waals surface area contributed by atoms with Crippen LogP contribution in [0, 0.1) is 29.8 Å². The zero-order valence-electron chi connectivity index (χ0n) is 26.3. The number of nitrogens with one attached hydrogen (secondary N) is 1. The van der Waals surface area contributed by atoms with E-state index in [-0.39, 0.29) is 64.9 Å². The number of amides is 2. The van der Waals surface area contributed by atoms with Crippen molar-refractivity contribution in [1.82, 2.24) is 24.8 Å². The van der Waals surface area contributed by atoms with Gasteiger partial charge in [0.25, 0.3) is 5.91 Å². The highest BCUT2D eigenvalue weighted by Gasteiger charge is 2.36. The molecular weight excluding hydrogens is 624 g/mol. The molecule has 0 unspecified atom stereocenters. The molecule has 1 aromatic carbocycles. The number of aryl methyl sites for hydroxylation is 1. The van der Waals surface area contributed by atoms with Gasteiger partial charge in [0, 0.05) is 38.3 Å². The molecule has 1 saturated heterocycles. The Kier molecular flexibility index (Phi) is 9.35. The highest BCUT2D eigenvalue weighted by molar-refractivity contribution is 7.71. The predicted octanol–water partition coefficient (Wildman–Crippen LogP) is 5.71. The molecule has 1 fully saturated rings. The van der Waals surface area contributed by atoms with Crippen molar-refractivity contribution in [2.75, 3.05) is 38.1 Å². The Bertz CT molecular complexity index is 2020. The first kappa shape index (κ1) is 33.2. The zero-order chi connectivity index (χ0) is 34.2. The van der Waals surface area contributed by atoms with Gasteiger partial charge in [-0.3, -0.25) is 19.1 Å². The highest BCUT2D eigenvalue weighted by atomic mass is 32.1. The quantitative estimate of drug-likeness (QED) is 0.149. The summed E-state index contributed by atoms with van der Waals surface area (Å²) in [6.45, 7) is 17.3. The highest BCUT2D eigenvalue weighted by Crippen LogP contribution is 2.40. The van der Waals surface area contributed by atoms with E-state index >= 15 is 8.78 Å². The maximum absolute atomic E-state index is 16.2. The molecule has 2 N–H and O–H groups in total. The van der Waals surface area contributed by atoms with Gasteiger partial charge in [-0.15, -0.1) is 0 Å². The topological polar surface area (TPSA) is 108 Å². The van der Waals surface area contributed by atoms with Crippen molar-refractivity contribution in [3.8, 4) is 22.7 Å². The fourth-order valence-electron chi connectivity index (χ4n) is 6.07. The molecule has 4 heterocycles. The smallest absolute Gasteiger partial charge is 0.256 e. The summed E-state index contributed by atoms with van der Waals surface area (Å²) in [5.41, 5.74) is 1.44. The fraction of sp³-hybridized carbons (Fsp3) is 0.294. The van der Waals surface area contributed by atoms with Gasteiger partial charge in [-0.25, -0.2) is 20.3 Å². The summed E-state index contributed by atoms with van der Waals surface area (Å²) >= 11 is 6.08. The molecule has 2 amide bonds. The number of piperazine rings is 1. The van der Waals surface area contributed by atoms with Gasteiger partial charge in [0.1, 0.15) is 33.6 Å².